The zero-order valence-corrected chi connectivity index (χ0v) is 9.35. The summed E-state index contributed by atoms with van der Waals surface area (Å²) >= 11 is 0. The monoisotopic (exact) mass is 230 g/mol. The minimum absolute atomic E-state index is 0.0618. The summed E-state index contributed by atoms with van der Waals surface area (Å²) in [5.41, 5.74) is 8.16. The molecule has 16 heavy (non-hydrogen) atoms. The van der Waals surface area contributed by atoms with E-state index in [0.29, 0.717) is 32.7 Å². The van der Waals surface area contributed by atoms with Gasteiger partial charge >= 0.3 is 0 Å². The molecule has 4 N–H and O–H groups in total. The van der Waals surface area contributed by atoms with Crippen LogP contribution >= 0.6 is 0 Å². The van der Waals surface area contributed by atoms with E-state index in [1.807, 2.05) is 6.92 Å². The van der Waals surface area contributed by atoms with Gasteiger partial charge in [0.1, 0.15) is 0 Å². The number of nitrogens with two attached hydrogens (primary N) is 1. The third kappa shape index (κ3) is 3.35. The van der Waals surface area contributed by atoms with Crippen molar-refractivity contribution in [3.63, 3.8) is 0 Å². The summed E-state index contributed by atoms with van der Waals surface area (Å²) in [5.74, 6) is -0.902. The number of amidine groups is 1. The van der Waals surface area contributed by atoms with E-state index < -0.39 is 5.92 Å². The van der Waals surface area contributed by atoms with E-state index in [1.54, 1.807) is 5.01 Å². The first kappa shape index (κ1) is 12.7. The number of rotatable bonds is 4. The van der Waals surface area contributed by atoms with Crippen molar-refractivity contribution >= 4 is 11.7 Å². The highest BCUT2D eigenvalue weighted by Gasteiger charge is 2.23. The van der Waals surface area contributed by atoms with Gasteiger partial charge in [0.05, 0.1) is 19.1 Å². The average molecular weight is 230 g/mol. The molecule has 0 aromatic heterocycles. The van der Waals surface area contributed by atoms with Crippen molar-refractivity contribution in [3.8, 4) is 0 Å². The van der Waals surface area contributed by atoms with Gasteiger partial charge in [-0.3, -0.25) is 10.2 Å². The van der Waals surface area contributed by atoms with Gasteiger partial charge in [-0.15, -0.1) is 0 Å². The van der Waals surface area contributed by atoms with E-state index in [9.17, 15) is 4.79 Å². The zero-order valence-electron chi connectivity index (χ0n) is 9.35. The highest BCUT2D eigenvalue weighted by molar-refractivity contribution is 6.01. The van der Waals surface area contributed by atoms with Crippen LogP contribution in [-0.4, -0.2) is 48.3 Å². The Kier molecular flexibility index (Phi) is 5.00. The van der Waals surface area contributed by atoms with Crippen LogP contribution in [0, 0.1) is 5.92 Å². The maximum absolute atomic E-state index is 11.8. The molecule has 1 unspecified atom stereocenters. The lowest BCUT2D eigenvalue weighted by Crippen LogP contribution is -2.51. The van der Waals surface area contributed by atoms with E-state index in [-0.39, 0.29) is 11.7 Å². The molecule has 0 aliphatic carbocycles. The molecule has 0 spiro atoms. The zero-order chi connectivity index (χ0) is 12.0. The molecule has 1 saturated heterocycles. The largest absolute Gasteiger partial charge is 0.409 e. The van der Waals surface area contributed by atoms with Crippen molar-refractivity contribution < 1.29 is 14.7 Å². The second kappa shape index (κ2) is 6.29. The number of nitrogens with one attached hydrogen (secondary N) is 1. The molecule has 0 saturated carbocycles. The number of hydrogen-bond acceptors (Lipinski definition) is 5. The van der Waals surface area contributed by atoms with Crippen molar-refractivity contribution in [3.05, 3.63) is 0 Å². The smallest absolute Gasteiger partial charge is 0.245 e. The topological polar surface area (TPSA) is 100 Å². The Morgan fingerprint density at radius 3 is 2.75 bits per heavy atom. The number of hydrazine groups is 1. The van der Waals surface area contributed by atoms with Crippen LogP contribution in [0.15, 0.2) is 5.16 Å². The van der Waals surface area contributed by atoms with Crippen LogP contribution in [0.5, 0.6) is 0 Å². The van der Waals surface area contributed by atoms with Gasteiger partial charge in [-0.2, -0.15) is 0 Å². The van der Waals surface area contributed by atoms with Gasteiger partial charge in [-0.1, -0.05) is 12.1 Å². The van der Waals surface area contributed by atoms with E-state index in [2.05, 4.69) is 10.6 Å². The molecule has 1 aliphatic rings. The maximum Gasteiger partial charge on any atom is 0.245 e. The van der Waals surface area contributed by atoms with Crippen LogP contribution in [0.3, 0.4) is 0 Å². The van der Waals surface area contributed by atoms with Crippen LogP contribution < -0.4 is 11.2 Å². The lowest BCUT2D eigenvalue weighted by atomic mass is 10.1. The fourth-order valence-electron chi connectivity index (χ4n) is 1.51. The molecule has 1 rings (SSSR count). The lowest BCUT2D eigenvalue weighted by Gasteiger charge is -2.28. The first-order valence-electron chi connectivity index (χ1n) is 5.29. The Balaban J connectivity index is 2.48. The maximum atomic E-state index is 11.8. The standard InChI is InChI=1S/C9H18N4O3/c1-2-7(8(10)12-15)9(14)11-13-3-5-16-6-4-13/h7,15H,2-6H2,1H3,(H2,10,12)(H,11,14). The molecule has 1 amide bonds. The Hall–Kier alpha value is -1.34. The molecule has 0 aromatic carbocycles. The highest BCUT2D eigenvalue weighted by atomic mass is 16.5. The van der Waals surface area contributed by atoms with Crippen LogP contribution in [0.4, 0.5) is 0 Å². The first-order chi connectivity index (χ1) is 7.69. The molecule has 0 radical (unpaired) electrons. The van der Waals surface area contributed by atoms with E-state index in [1.165, 1.54) is 0 Å². The molecule has 7 heteroatoms. The molecule has 1 heterocycles. The molecule has 7 nitrogen and oxygen atoms in total. The molecular formula is C9H18N4O3. The molecule has 92 valence electrons. The summed E-state index contributed by atoms with van der Waals surface area (Å²) in [6.45, 7) is 4.31. The summed E-state index contributed by atoms with van der Waals surface area (Å²) in [5, 5.41) is 13.2. The third-order valence-corrected chi connectivity index (χ3v) is 2.48. The van der Waals surface area contributed by atoms with Gasteiger partial charge in [0.2, 0.25) is 5.91 Å². The highest BCUT2D eigenvalue weighted by Crippen LogP contribution is 2.04. The van der Waals surface area contributed by atoms with E-state index in [0.717, 1.165) is 0 Å². The summed E-state index contributed by atoms with van der Waals surface area (Å²) in [6.07, 6.45) is 0.492. The van der Waals surface area contributed by atoms with Gasteiger partial charge in [-0.05, 0) is 6.42 Å². The summed E-state index contributed by atoms with van der Waals surface area (Å²) < 4.78 is 5.16. The van der Waals surface area contributed by atoms with E-state index >= 15 is 0 Å². The molecule has 1 aliphatic heterocycles. The predicted octanol–water partition coefficient (Wildman–Crippen LogP) is -0.878. The SMILES string of the molecule is CCC(C(=O)NN1CCOCC1)C(N)=NO. The van der Waals surface area contributed by atoms with Gasteiger partial charge in [-0.25, -0.2) is 5.01 Å². The van der Waals surface area contributed by atoms with Gasteiger partial charge in [0, 0.05) is 13.1 Å². The fraction of sp³-hybridized carbons (Fsp3) is 0.778. The number of morpholine rings is 1. The normalized spacial score (nSPS) is 20.4. The van der Waals surface area contributed by atoms with Gasteiger partial charge in [0.15, 0.2) is 5.84 Å². The first-order valence-corrected chi connectivity index (χ1v) is 5.29. The minimum atomic E-state index is -0.590. The Morgan fingerprint density at radius 2 is 2.25 bits per heavy atom. The van der Waals surface area contributed by atoms with Gasteiger partial charge < -0.3 is 15.7 Å². The van der Waals surface area contributed by atoms with Crippen LogP contribution in [-0.2, 0) is 9.53 Å². The minimum Gasteiger partial charge on any atom is -0.409 e. The average Bonchev–Trinajstić information content (AvgIpc) is 2.31. The lowest BCUT2D eigenvalue weighted by molar-refractivity contribution is -0.130. The van der Waals surface area contributed by atoms with Crippen LogP contribution in [0.25, 0.3) is 0 Å². The molecule has 0 bridgehead atoms. The van der Waals surface area contributed by atoms with Crippen molar-refractivity contribution in [1.82, 2.24) is 10.4 Å². The van der Waals surface area contributed by atoms with E-state index in [4.69, 9.17) is 15.7 Å². The predicted molar refractivity (Wildman–Crippen MR) is 57.7 cm³/mol. The van der Waals surface area contributed by atoms with Crippen molar-refractivity contribution in [2.75, 3.05) is 26.3 Å². The van der Waals surface area contributed by atoms with Gasteiger partial charge in [0.25, 0.3) is 0 Å². The molecular weight excluding hydrogens is 212 g/mol. The second-order valence-electron chi connectivity index (χ2n) is 3.56. The number of amides is 1. The Labute approximate surface area is 94.2 Å². The third-order valence-electron chi connectivity index (χ3n) is 2.48. The molecule has 0 aromatic rings. The molecule has 1 atom stereocenters. The number of hydrogen-bond donors (Lipinski definition) is 3. The number of oxime groups is 1. The summed E-state index contributed by atoms with van der Waals surface area (Å²) in [7, 11) is 0. The Bertz CT molecular complexity index is 263. The summed E-state index contributed by atoms with van der Waals surface area (Å²) in [4.78, 5) is 11.8. The van der Waals surface area contributed by atoms with Crippen molar-refractivity contribution in [1.29, 1.82) is 0 Å². The summed E-state index contributed by atoms with van der Waals surface area (Å²) in [6, 6.07) is 0. The Morgan fingerprint density at radius 1 is 1.62 bits per heavy atom. The van der Waals surface area contributed by atoms with Crippen LogP contribution in [0.1, 0.15) is 13.3 Å². The molecule has 1 fully saturated rings. The quantitative estimate of drug-likeness (QED) is 0.252. The fourth-order valence-corrected chi connectivity index (χ4v) is 1.51. The van der Waals surface area contributed by atoms with Crippen LogP contribution in [0.2, 0.25) is 0 Å². The number of nitrogens with zero attached hydrogens (tertiary/aromatic N) is 2. The number of carbonyl (C=O) groups is 1. The van der Waals surface area contributed by atoms with Crippen molar-refractivity contribution in [2.45, 2.75) is 13.3 Å². The number of carbonyl (C=O) groups excluding carboxylic acids is 1. The van der Waals surface area contributed by atoms with Crippen molar-refractivity contribution in [2.24, 2.45) is 16.8 Å². The number of ether oxygens (including phenoxy) is 1. The second-order valence-corrected chi connectivity index (χ2v) is 3.56.